The van der Waals surface area contributed by atoms with Gasteiger partial charge in [-0.1, -0.05) is 72.0 Å². The van der Waals surface area contributed by atoms with E-state index in [0.717, 1.165) is 22.3 Å². The number of nitrogens with zero attached hydrogens (tertiary/aromatic N) is 2. The molecule has 0 N–H and O–H groups in total. The van der Waals surface area contributed by atoms with Crippen molar-refractivity contribution in [1.82, 2.24) is 4.57 Å². The summed E-state index contributed by atoms with van der Waals surface area (Å²) < 4.78 is 2.76. The average Bonchev–Trinajstić information content (AvgIpc) is 3.17. The molecule has 1 amide bonds. The van der Waals surface area contributed by atoms with Gasteiger partial charge in [0.25, 0.3) is 5.91 Å². The van der Waals surface area contributed by atoms with E-state index >= 15 is 0 Å². The van der Waals surface area contributed by atoms with Gasteiger partial charge in [0.15, 0.2) is 4.32 Å². The van der Waals surface area contributed by atoms with Crippen LogP contribution in [0.5, 0.6) is 0 Å². The first-order chi connectivity index (χ1) is 14.0. The predicted molar refractivity (Wildman–Crippen MR) is 127 cm³/mol. The van der Waals surface area contributed by atoms with Gasteiger partial charge in [-0.3, -0.25) is 9.69 Å². The Balaban J connectivity index is 1.55. The SMILES string of the molecule is Cc1ccc(N2C(=O)C(=Cc3ccc4c5ccccc5n(C)c4c3)SC2=S)cc1. The molecular formula is C24H18N2OS2. The van der Waals surface area contributed by atoms with E-state index in [9.17, 15) is 4.79 Å². The molecule has 0 bridgehead atoms. The summed E-state index contributed by atoms with van der Waals surface area (Å²) in [6.45, 7) is 2.02. The van der Waals surface area contributed by atoms with Crippen molar-refractivity contribution in [2.45, 2.75) is 6.92 Å². The van der Waals surface area contributed by atoms with Crippen molar-refractivity contribution in [3.8, 4) is 0 Å². The number of thiocarbonyl (C=S) groups is 1. The zero-order valence-electron chi connectivity index (χ0n) is 16.0. The van der Waals surface area contributed by atoms with Crippen LogP contribution in [0.25, 0.3) is 27.9 Å². The normalized spacial score (nSPS) is 15.9. The van der Waals surface area contributed by atoms with Gasteiger partial charge in [0, 0.05) is 28.9 Å². The zero-order valence-corrected chi connectivity index (χ0v) is 17.7. The van der Waals surface area contributed by atoms with Gasteiger partial charge >= 0.3 is 0 Å². The molecule has 0 spiro atoms. The fourth-order valence-electron chi connectivity index (χ4n) is 3.80. The highest BCUT2D eigenvalue weighted by Crippen LogP contribution is 2.37. The Morgan fingerprint density at radius 3 is 2.45 bits per heavy atom. The number of hydrogen-bond acceptors (Lipinski definition) is 3. The number of thioether (sulfide) groups is 1. The molecule has 29 heavy (non-hydrogen) atoms. The van der Waals surface area contributed by atoms with Crippen LogP contribution in [0.2, 0.25) is 0 Å². The molecule has 5 heteroatoms. The summed E-state index contributed by atoms with van der Waals surface area (Å²) in [4.78, 5) is 15.3. The second kappa shape index (κ2) is 6.87. The molecule has 0 aliphatic carbocycles. The molecular weight excluding hydrogens is 396 g/mol. The smallest absolute Gasteiger partial charge is 0.270 e. The number of carbonyl (C=O) groups is 1. The summed E-state index contributed by atoms with van der Waals surface area (Å²) in [6, 6.07) is 22.6. The lowest BCUT2D eigenvalue weighted by Crippen LogP contribution is -2.27. The van der Waals surface area contributed by atoms with E-state index < -0.39 is 0 Å². The van der Waals surface area contributed by atoms with Crippen molar-refractivity contribution in [3.63, 3.8) is 0 Å². The third kappa shape index (κ3) is 2.98. The second-order valence-corrected chi connectivity index (χ2v) is 8.88. The van der Waals surface area contributed by atoms with E-state index in [1.165, 1.54) is 28.1 Å². The van der Waals surface area contributed by atoms with E-state index in [2.05, 4.69) is 54.1 Å². The number of hydrogen-bond donors (Lipinski definition) is 0. The number of amides is 1. The maximum absolute atomic E-state index is 13.0. The molecule has 4 aromatic rings. The van der Waals surface area contributed by atoms with Crippen molar-refractivity contribution in [2.75, 3.05) is 4.90 Å². The highest BCUT2D eigenvalue weighted by atomic mass is 32.2. The molecule has 0 radical (unpaired) electrons. The van der Waals surface area contributed by atoms with Crippen LogP contribution in [0.15, 0.2) is 71.6 Å². The van der Waals surface area contributed by atoms with Crippen LogP contribution in [0.4, 0.5) is 5.69 Å². The largest absolute Gasteiger partial charge is 0.344 e. The molecule has 0 atom stereocenters. The number of para-hydroxylation sites is 1. The van der Waals surface area contributed by atoms with Gasteiger partial charge < -0.3 is 4.57 Å². The van der Waals surface area contributed by atoms with Gasteiger partial charge in [-0.15, -0.1) is 0 Å². The predicted octanol–water partition coefficient (Wildman–Crippen LogP) is 6.05. The number of fused-ring (bicyclic) bond motifs is 3. The summed E-state index contributed by atoms with van der Waals surface area (Å²) in [5.41, 5.74) is 5.30. The lowest BCUT2D eigenvalue weighted by Gasteiger charge is -2.14. The van der Waals surface area contributed by atoms with Crippen LogP contribution in [-0.4, -0.2) is 14.8 Å². The molecule has 5 rings (SSSR count). The molecule has 142 valence electrons. The van der Waals surface area contributed by atoms with E-state index in [1.807, 2.05) is 37.3 Å². The van der Waals surface area contributed by atoms with Crippen LogP contribution in [-0.2, 0) is 11.8 Å². The van der Waals surface area contributed by atoms with Gasteiger partial charge in [-0.2, -0.15) is 0 Å². The molecule has 3 nitrogen and oxygen atoms in total. The number of rotatable bonds is 2. The van der Waals surface area contributed by atoms with E-state index in [4.69, 9.17) is 12.2 Å². The molecule has 1 saturated heterocycles. The topological polar surface area (TPSA) is 25.2 Å². The lowest BCUT2D eigenvalue weighted by molar-refractivity contribution is -0.113. The molecule has 1 aliphatic heterocycles. The van der Waals surface area contributed by atoms with E-state index in [0.29, 0.717) is 9.23 Å². The second-order valence-electron chi connectivity index (χ2n) is 7.21. The van der Waals surface area contributed by atoms with E-state index in [-0.39, 0.29) is 5.91 Å². The molecule has 2 heterocycles. The maximum atomic E-state index is 13.0. The van der Waals surface area contributed by atoms with Gasteiger partial charge in [0.05, 0.1) is 10.6 Å². The van der Waals surface area contributed by atoms with Crippen molar-refractivity contribution in [3.05, 3.63) is 82.8 Å². The Bertz CT molecular complexity index is 1330. The number of aromatic nitrogens is 1. The van der Waals surface area contributed by atoms with Gasteiger partial charge in [0.2, 0.25) is 0 Å². The third-order valence-corrected chi connectivity index (χ3v) is 6.62. The van der Waals surface area contributed by atoms with Crippen LogP contribution >= 0.6 is 24.0 Å². The molecule has 1 aromatic heterocycles. The number of benzene rings is 3. The fraction of sp³-hybridized carbons (Fsp3) is 0.0833. The first-order valence-corrected chi connectivity index (χ1v) is 10.6. The highest BCUT2D eigenvalue weighted by Gasteiger charge is 2.33. The molecule has 0 saturated carbocycles. The summed E-state index contributed by atoms with van der Waals surface area (Å²) in [5, 5.41) is 2.45. The Labute approximate surface area is 178 Å². The third-order valence-electron chi connectivity index (χ3n) is 5.32. The minimum absolute atomic E-state index is 0.0685. The Morgan fingerprint density at radius 2 is 1.66 bits per heavy atom. The first kappa shape index (κ1) is 18.2. The fourth-order valence-corrected chi connectivity index (χ4v) is 5.10. The minimum Gasteiger partial charge on any atom is -0.344 e. The van der Waals surface area contributed by atoms with Crippen LogP contribution < -0.4 is 4.90 Å². The standard InChI is InChI=1S/C24H18N2OS2/c1-15-7-10-17(11-8-15)26-23(27)22(29-24(26)28)14-16-9-12-19-18-5-3-4-6-20(18)25(2)21(19)13-16/h3-14H,1-2H3. The average molecular weight is 415 g/mol. The monoisotopic (exact) mass is 414 g/mol. The van der Waals surface area contributed by atoms with Crippen molar-refractivity contribution in [1.29, 1.82) is 0 Å². The summed E-state index contributed by atoms with van der Waals surface area (Å²) in [6.07, 6.45) is 1.94. The van der Waals surface area contributed by atoms with Crippen LogP contribution in [0.3, 0.4) is 0 Å². The molecule has 1 fully saturated rings. The van der Waals surface area contributed by atoms with Crippen molar-refractivity contribution < 1.29 is 4.79 Å². The van der Waals surface area contributed by atoms with Gasteiger partial charge in [-0.25, -0.2) is 0 Å². The Kier molecular flexibility index (Phi) is 4.30. The summed E-state index contributed by atoms with van der Waals surface area (Å²) in [5.74, 6) is -0.0685. The van der Waals surface area contributed by atoms with Gasteiger partial charge in [-0.05, 0) is 42.8 Å². The molecule has 1 aliphatic rings. The molecule has 0 unspecified atom stereocenters. The maximum Gasteiger partial charge on any atom is 0.270 e. The lowest BCUT2D eigenvalue weighted by atomic mass is 10.1. The quantitative estimate of drug-likeness (QED) is 0.295. The Hall–Kier alpha value is -2.89. The number of aryl methyl sites for hydroxylation is 2. The van der Waals surface area contributed by atoms with Crippen molar-refractivity contribution >= 4 is 67.8 Å². The van der Waals surface area contributed by atoms with Crippen LogP contribution in [0.1, 0.15) is 11.1 Å². The number of anilines is 1. The zero-order chi connectivity index (χ0) is 20.1. The highest BCUT2D eigenvalue weighted by molar-refractivity contribution is 8.27. The number of carbonyl (C=O) groups excluding carboxylic acids is 1. The Morgan fingerprint density at radius 1 is 0.931 bits per heavy atom. The summed E-state index contributed by atoms with van der Waals surface area (Å²) >= 11 is 6.84. The van der Waals surface area contributed by atoms with Crippen LogP contribution in [0, 0.1) is 6.92 Å². The van der Waals surface area contributed by atoms with Crippen molar-refractivity contribution in [2.24, 2.45) is 7.05 Å². The molecule has 3 aromatic carbocycles. The minimum atomic E-state index is -0.0685. The summed E-state index contributed by atoms with van der Waals surface area (Å²) in [7, 11) is 2.07. The van der Waals surface area contributed by atoms with E-state index in [1.54, 1.807) is 4.90 Å². The first-order valence-electron chi connectivity index (χ1n) is 9.35. The van der Waals surface area contributed by atoms with Gasteiger partial charge in [0.1, 0.15) is 0 Å².